The first-order valence-electron chi connectivity index (χ1n) is 7.33. The molecule has 1 unspecified atom stereocenters. The summed E-state index contributed by atoms with van der Waals surface area (Å²) in [6.45, 7) is 3.57. The molecule has 112 valence electrons. The van der Waals surface area contributed by atoms with Gasteiger partial charge in [0.2, 0.25) is 0 Å². The van der Waals surface area contributed by atoms with Crippen LogP contribution < -0.4 is 10.9 Å². The first-order valence-corrected chi connectivity index (χ1v) is 8.76. The van der Waals surface area contributed by atoms with Gasteiger partial charge in [-0.2, -0.15) is 16.9 Å². The van der Waals surface area contributed by atoms with E-state index in [1.54, 1.807) is 6.20 Å². The van der Waals surface area contributed by atoms with E-state index >= 15 is 0 Å². The molecule has 1 fully saturated rings. The molecular formula is C14H22ClN3OS. The molecular weight excluding hydrogens is 294 g/mol. The number of nitrogens with one attached hydrogen (secondary N) is 1. The molecule has 4 nitrogen and oxygen atoms in total. The molecule has 0 amide bonds. The molecule has 1 aromatic heterocycles. The minimum atomic E-state index is -0.193. The zero-order chi connectivity index (χ0) is 14.4. The Bertz CT molecular complexity index is 486. The number of rotatable bonds is 6. The highest BCUT2D eigenvalue weighted by Gasteiger charge is 2.15. The van der Waals surface area contributed by atoms with Crippen LogP contribution in [-0.2, 0) is 6.54 Å². The number of nitrogens with zero attached hydrogens (tertiary/aromatic N) is 2. The second-order valence-corrected chi connectivity index (χ2v) is 6.91. The highest BCUT2D eigenvalue weighted by molar-refractivity contribution is 7.99. The smallest absolute Gasteiger partial charge is 0.287 e. The third-order valence-corrected chi connectivity index (χ3v) is 5.27. The number of hydrogen-bond acceptors (Lipinski definition) is 4. The average Bonchev–Trinajstić information content (AvgIpc) is 2.49. The van der Waals surface area contributed by atoms with E-state index in [-0.39, 0.29) is 10.6 Å². The van der Waals surface area contributed by atoms with Gasteiger partial charge in [-0.15, -0.1) is 0 Å². The monoisotopic (exact) mass is 315 g/mol. The van der Waals surface area contributed by atoms with E-state index in [0.717, 1.165) is 19.4 Å². The SMILES string of the molecule is CCCCn1ncc(NCC2CCCCS2)c(Cl)c1=O. The van der Waals surface area contributed by atoms with Crippen molar-refractivity contribution in [2.45, 2.75) is 50.8 Å². The molecule has 0 saturated carbocycles. The molecule has 1 N–H and O–H groups in total. The summed E-state index contributed by atoms with van der Waals surface area (Å²) in [6.07, 6.45) is 7.49. The van der Waals surface area contributed by atoms with Gasteiger partial charge in [0.25, 0.3) is 5.56 Å². The zero-order valence-corrected chi connectivity index (χ0v) is 13.5. The minimum absolute atomic E-state index is 0.193. The Morgan fingerprint density at radius 3 is 3.10 bits per heavy atom. The molecule has 0 aromatic carbocycles. The van der Waals surface area contributed by atoms with Crippen molar-refractivity contribution in [3.63, 3.8) is 0 Å². The molecule has 1 aromatic rings. The summed E-state index contributed by atoms with van der Waals surface area (Å²) in [6, 6.07) is 0. The lowest BCUT2D eigenvalue weighted by Gasteiger charge is -2.22. The van der Waals surface area contributed by atoms with Crippen molar-refractivity contribution >= 4 is 29.1 Å². The molecule has 6 heteroatoms. The summed E-state index contributed by atoms with van der Waals surface area (Å²) >= 11 is 8.15. The van der Waals surface area contributed by atoms with Crippen LogP contribution in [0.2, 0.25) is 5.02 Å². The maximum Gasteiger partial charge on any atom is 0.287 e. The largest absolute Gasteiger partial charge is 0.381 e. The van der Waals surface area contributed by atoms with Crippen LogP contribution in [0.4, 0.5) is 5.69 Å². The second kappa shape index (κ2) is 7.93. The number of unbranched alkanes of at least 4 members (excludes halogenated alkanes) is 1. The van der Waals surface area contributed by atoms with E-state index in [4.69, 9.17) is 11.6 Å². The van der Waals surface area contributed by atoms with E-state index in [1.165, 1.54) is 29.7 Å². The van der Waals surface area contributed by atoms with Crippen molar-refractivity contribution in [3.8, 4) is 0 Å². The molecule has 0 spiro atoms. The van der Waals surface area contributed by atoms with Gasteiger partial charge in [-0.3, -0.25) is 4.79 Å². The fraction of sp³-hybridized carbons (Fsp3) is 0.714. The first-order chi connectivity index (χ1) is 9.72. The Labute approximate surface area is 129 Å². The number of hydrogen-bond donors (Lipinski definition) is 1. The fourth-order valence-corrected chi connectivity index (χ4v) is 3.70. The van der Waals surface area contributed by atoms with Gasteiger partial charge >= 0.3 is 0 Å². The van der Waals surface area contributed by atoms with Crippen LogP contribution in [0.5, 0.6) is 0 Å². The van der Waals surface area contributed by atoms with Crippen molar-refractivity contribution in [1.29, 1.82) is 0 Å². The quantitative estimate of drug-likeness (QED) is 0.874. The predicted molar refractivity (Wildman–Crippen MR) is 87.0 cm³/mol. The van der Waals surface area contributed by atoms with Crippen molar-refractivity contribution in [2.75, 3.05) is 17.6 Å². The number of aromatic nitrogens is 2. The first kappa shape index (κ1) is 15.7. The van der Waals surface area contributed by atoms with Gasteiger partial charge in [0.15, 0.2) is 0 Å². The van der Waals surface area contributed by atoms with Crippen LogP contribution in [0.15, 0.2) is 11.0 Å². The van der Waals surface area contributed by atoms with Gasteiger partial charge in [0.1, 0.15) is 5.02 Å². The Balaban J connectivity index is 1.97. The van der Waals surface area contributed by atoms with Gasteiger partial charge in [0, 0.05) is 18.3 Å². The molecule has 2 heterocycles. The molecule has 0 bridgehead atoms. The fourth-order valence-electron chi connectivity index (χ4n) is 2.25. The Morgan fingerprint density at radius 2 is 2.40 bits per heavy atom. The molecule has 1 aliphatic heterocycles. The van der Waals surface area contributed by atoms with Crippen LogP contribution >= 0.6 is 23.4 Å². The van der Waals surface area contributed by atoms with Crippen LogP contribution in [0.25, 0.3) is 0 Å². The standard InChI is InChI=1S/C14H22ClN3OS/c1-2-3-7-18-14(19)13(15)12(10-17-18)16-9-11-6-4-5-8-20-11/h10-11,16H,2-9H2,1H3. The van der Waals surface area contributed by atoms with Gasteiger partial charge in [-0.05, 0) is 25.0 Å². The van der Waals surface area contributed by atoms with Crippen molar-refractivity contribution < 1.29 is 0 Å². The van der Waals surface area contributed by atoms with Crippen LogP contribution in [0.3, 0.4) is 0 Å². The van der Waals surface area contributed by atoms with E-state index < -0.39 is 0 Å². The maximum atomic E-state index is 12.1. The third kappa shape index (κ3) is 4.16. The lowest BCUT2D eigenvalue weighted by Crippen LogP contribution is -2.26. The molecule has 1 saturated heterocycles. The zero-order valence-electron chi connectivity index (χ0n) is 11.9. The van der Waals surface area contributed by atoms with Gasteiger partial charge in [-0.25, -0.2) is 4.68 Å². The van der Waals surface area contributed by atoms with Crippen molar-refractivity contribution in [2.24, 2.45) is 0 Å². The number of aryl methyl sites for hydroxylation is 1. The molecule has 0 radical (unpaired) electrons. The predicted octanol–water partition coefficient (Wildman–Crippen LogP) is 3.39. The van der Waals surface area contributed by atoms with E-state index in [1.807, 2.05) is 11.8 Å². The number of thioether (sulfide) groups is 1. The van der Waals surface area contributed by atoms with E-state index in [0.29, 0.717) is 17.5 Å². The van der Waals surface area contributed by atoms with Crippen molar-refractivity contribution in [3.05, 3.63) is 21.6 Å². The summed E-state index contributed by atoms with van der Waals surface area (Å²) in [7, 11) is 0. The molecule has 1 atom stereocenters. The summed E-state index contributed by atoms with van der Waals surface area (Å²) in [5.74, 6) is 1.23. The third-order valence-electron chi connectivity index (χ3n) is 3.50. The number of anilines is 1. The summed E-state index contributed by atoms with van der Waals surface area (Å²) in [5.41, 5.74) is 0.469. The summed E-state index contributed by atoms with van der Waals surface area (Å²) < 4.78 is 1.45. The highest BCUT2D eigenvalue weighted by atomic mass is 35.5. The van der Waals surface area contributed by atoms with Gasteiger partial charge < -0.3 is 5.32 Å². The molecule has 2 rings (SSSR count). The normalized spacial score (nSPS) is 19.0. The van der Waals surface area contributed by atoms with Gasteiger partial charge in [0.05, 0.1) is 11.9 Å². The maximum absolute atomic E-state index is 12.1. The summed E-state index contributed by atoms with van der Waals surface area (Å²) in [4.78, 5) is 12.1. The van der Waals surface area contributed by atoms with Crippen LogP contribution in [0.1, 0.15) is 39.0 Å². The molecule has 20 heavy (non-hydrogen) atoms. The average molecular weight is 316 g/mol. The number of halogens is 1. The summed E-state index contributed by atoms with van der Waals surface area (Å²) in [5, 5.41) is 8.34. The highest BCUT2D eigenvalue weighted by Crippen LogP contribution is 2.26. The van der Waals surface area contributed by atoms with E-state index in [9.17, 15) is 4.79 Å². The van der Waals surface area contributed by atoms with Crippen molar-refractivity contribution in [1.82, 2.24) is 9.78 Å². The van der Waals surface area contributed by atoms with Crippen LogP contribution in [0, 0.1) is 0 Å². The topological polar surface area (TPSA) is 46.9 Å². The molecule has 1 aliphatic rings. The second-order valence-electron chi connectivity index (χ2n) is 5.12. The molecule has 0 aliphatic carbocycles. The lowest BCUT2D eigenvalue weighted by atomic mass is 10.2. The van der Waals surface area contributed by atoms with Crippen LogP contribution in [-0.4, -0.2) is 27.3 Å². The van der Waals surface area contributed by atoms with E-state index in [2.05, 4.69) is 17.3 Å². The lowest BCUT2D eigenvalue weighted by molar-refractivity contribution is 0.543. The Morgan fingerprint density at radius 1 is 1.55 bits per heavy atom. The van der Waals surface area contributed by atoms with Gasteiger partial charge in [-0.1, -0.05) is 31.4 Å². The Kier molecular flexibility index (Phi) is 6.23. The Hall–Kier alpha value is -0.680. The minimum Gasteiger partial charge on any atom is -0.381 e.